The van der Waals surface area contributed by atoms with Crippen LogP contribution in [0.4, 0.5) is 4.39 Å². The number of nitrogens with zero attached hydrogens (tertiary/aromatic N) is 6. The zero-order valence-corrected chi connectivity index (χ0v) is 24.8. The number of carbonyl (C=O) groups excluding carboxylic acids is 1. The SMILES string of the molecule is Cc1ccc(S(=O)(=O)N2CCN(C(=O)CCc3cn(Cc4cn(Cc5ccc(F)cc5)nn4)c4ccccc34)CC2)cc1. The summed E-state index contributed by atoms with van der Waals surface area (Å²) < 4.78 is 44.6. The molecule has 0 N–H and O–H groups in total. The third kappa shape index (κ3) is 6.37. The number of aromatic nitrogens is 4. The van der Waals surface area contributed by atoms with Gasteiger partial charge in [0.05, 0.1) is 24.2 Å². The Morgan fingerprint density at radius 3 is 2.35 bits per heavy atom. The van der Waals surface area contributed by atoms with E-state index >= 15 is 0 Å². The highest BCUT2D eigenvalue weighted by Gasteiger charge is 2.30. The van der Waals surface area contributed by atoms with Gasteiger partial charge in [-0.15, -0.1) is 5.10 Å². The third-order valence-corrected chi connectivity index (χ3v) is 9.82. The number of benzene rings is 3. The summed E-state index contributed by atoms with van der Waals surface area (Å²) in [6.07, 6.45) is 4.88. The first kappa shape index (κ1) is 28.8. The van der Waals surface area contributed by atoms with E-state index in [1.165, 1.54) is 16.4 Å². The fourth-order valence-corrected chi connectivity index (χ4v) is 6.95. The molecule has 2 aromatic heterocycles. The van der Waals surface area contributed by atoms with Gasteiger partial charge in [-0.3, -0.25) is 4.79 Å². The van der Waals surface area contributed by atoms with Gasteiger partial charge in [-0.05, 0) is 54.8 Å². The third-order valence-electron chi connectivity index (χ3n) is 7.91. The standard InChI is InChI=1S/C32H33FN6O3S/c1-24-6-13-29(14-7-24)43(41,42)39-18-16-36(17-19-39)32(40)15-10-26-21-37(31-5-3-2-4-30(26)31)22-28-23-38(35-34-28)20-25-8-11-27(33)12-9-25/h2-9,11-14,21,23H,10,15-20,22H2,1H3. The predicted molar refractivity (Wildman–Crippen MR) is 161 cm³/mol. The Labute approximate surface area is 250 Å². The van der Waals surface area contributed by atoms with Crippen LogP contribution in [0.2, 0.25) is 0 Å². The van der Waals surface area contributed by atoms with Crippen LogP contribution < -0.4 is 0 Å². The molecule has 0 saturated carbocycles. The predicted octanol–water partition coefficient (Wildman–Crippen LogP) is 4.24. The van der Waals surface area contributed by atoms with Crippen LogP contribution in [-0.2, 0) is 34.3 Å². The summed E-state index contributed by atoms with van der Waals surface area (Å²) in [5.74, 6) is -0.250. The van der Waals surface area contributed by atoms with Crippen molar-refractivity contribution in [2.24, 2.45) is 0 Å². The molecule has 3 heterocycles. The molecule has 5 aromatic rings. The number of carbonyl (C=O) groups is 1. The highest BCUT2D eigenvalue weighted by molar-refractivity contribution is 7.89. The maximum Gasteiger partial charge on any atom is 0.243 e. The number of para-hydroxylation sites is 1. The number of fused-ring (bicyclic) bond motifs is 1. The van der Waals surface area contributed by atoms with Crippen LogP contribution in [0.25, 0.3) is 10.9 Å². The van der Waals surface area contributed by atoms with E-state index in [1.807, 2.05) is 25.3 Å². The second-order valence-electron chi connectivity index (χ2n) is 10.9. The minimum atomic E-state index is -3.58. The lowest BCUT2D eigenvalue weighted by Gasteiger charge is -2.34. The molecule has 1 saturated heterocycles. The van der Waals surface area contributed by atoms with Gasteiger partial charge < -0.3 is 9.47 Å². The number of halogens is 1. The van der Waals surface area contributed by atoms with Crippen molar-refractivity contribution < 1.29 is 17.6 Å². The Morgan fingerprint density at radius 1 is 0.884 bits per heavy atom. The Hall–Kier alpha value is -4.35. The molecular weight excluding hydrogens is 567 g/mol. The van der Waals surface area contributed by atoms with Gasteiger partial charge in [-0.2, -0.15) is 4.31 Å². The zero-order chi connectivity index (χ0) is 30.0. The lowest BCUT2D eigenvalue weighted by molar-refractivity contribution is -0.132. The first-order valence-electron chi connectivity index (χ1n) is 14.3. The maximum atomic E-state index is 13.2. The van der Waals surface area contributed by atoms with Crippen LogP contribution >= 0.6 is 0 Å². The highest BCUT2D eigenvalue weighted by atomic mass is 32.2. The Kier molecular flexibility index (Phi) is 8.09. The molecular formula is C32H33FN6O3S. The number of piperazine rings is 1. The lowest BCUT2D eigenvalue weighted by Crippen LogP contribution is -2.50. The molecule has 0 radical (unpaired) electrons. The molecule has 11 heteroatoms. The molecule has 1 aliphatic heterocycles. The Bertz CT molecular complexity index is 1840. The van der Waals surface area contributed by atoms with Crippen molar-refractivity contribution in [3.63, 3.8) is 0 Å². The number of hydrogen-bond acceptors (Lipinski definition) is 5. The van der Waals surface area contributed by atoms with Crippen molar-refractivity contribution in [1.29, 1.82) is 0 Å². The van der Waals surface area contributed by atoms with E-state index < -0.39 is 10.0 Å². The number of sulfonamides is 1. The molecule has 9 nitrogen and oxygen atoms in total. The van der Waals surface area contributed by atoms with Gasteiger partial charge >= 0.3 is 0 Å². The van der Waals surface area contributed by atoms with Crippen molar-refractivity contribution in [3.8, 4) is 0 Å². The van der Waals surface area contributed by atoms with Gasteiger partial charge in [0, 0.05) is 49.7 Å². The molecule has 0 bridgehead atoms. The monoisotopic (exact) mass is 600 g/mol. The van der Waals surface area contributed by atoms with Crippen LogP contribution in [0.5, 0.6) is 0 Å². The molecule has 1 amide bonds. The molecule has 1 fully saturated rings. The van der Waals surface area contributed by atoms with Crippen LogP contribution in [0.3, 0.4) is 0 Å². The zero-order valence-electron chi connectivity index (χ0n) is 23.9. The van der Waals surface area contributed by atoms with Crippen molar-refractivity contribution in [1.82, 2.24) is 28.8 Å². The summed E-state index contributed by atoms with van der Waals surface area (Å²) in [6, 6.07) is 21.3. The molecule has 6 rings (SSSR count). The smallest absolute Gasteiger partial charge is 0.243 e. The van der Waals surface area contributed by atoms with E-state index in [-0.39, 0.29) is 29.7 Å². The van der Waals surface area contributed by atoms with E-state index in [0.29, 0.717) is 39.0 Å². The largest absolute Gasteiger partial charge is 0.341 e. The molecule has 1 aliphatic rings. The number of rotatable bonds is 9. The minimum absolute atomic E-state index is 0.0213. The van der Waals surface area contributed by atoms with Gasteiger partial charge in [0.25, 0.3) is 0 Å². The molecule has 0 unspecified atom stereocenters. The van der Waals surface area contributed by atoms with Crippen LogP contribution in [0.1, 0.15) is 28.8 Å². The molecule has 0 atom stereocenters. The van der Waals surface area contributed by atoms with Crippen LogP contribution in [0.15, 0.2) is 90.1 Å². The number of hydrogen-bond donors (Lipinski definition) is 0. The van der Waals surface area contributed by atoms with Gasteiger partial charge in [-0.25, -0.2) is 17.5 Å². The number of amides is 1. The van der Waals surface area contributed by atoms with Crippen LogP contribution in [-0.4, -0.2) is 69.3 Å². The van der Waals surface area contributed by atoms with Crippen molar-refractivity contribution >= 4 is 26.8 Å². The topological polar surface area (TPSA) is 93.3 Å². The van der Waals surface area contributed by atoms with E-state index in [1.54, 1.807) is 46.0 Å². The minimum Gasteiger partial charge on any atom is -0.341 e. The fourth-order valence-electron chi connectivity index (χ4n) is 5.53. The van der Waals surface area contributed by atoms with Gasteiger partial charge in [0.15, 0.2) is 0 Å². The quantitative estimate of drug-likeness (QED) is 0.252. The molecule has 222 valence electrons. The summed E-state index contributed by atoms with van der Waals surface area (Å²) in [5, 5.41) is 9.66. The first-order chi connectivity index (χ1) is 20.8. The average Bonchev–Trinajstić information content (AvgIpc) is 3.61. The Morgan fingerprint density at radius 2 is 1.60 bits per heavy atom. The highest BCUT2D eigenvalue weighted by Crippen LogP contribution is 2.24. The normalized spacial score (nSPS) is 14.4. The lowest BCUT2D eigenvalue weighted by atomic mass is 10.1. The van der Waals surface area contributed by atoms with Crippen LogP contribution in [0, 0.1) is 12.7 Å². The Balaban J connectivity index is 1.07. The van der Waals surface area contributed by atoms with E-state index in [0.717, 1.165) is 33.3 Å². The van der Waals surface area contributed by atoms with Gasteiger partial charge in [-0.1, -0.05) is 53.2 Å². The second kappa shape index (κ2) is 12.1. The van der Waals surface area contributed by atoms with Crippen molar-refractivity contribution in [3.05, 3.63) is 113 Å². The van der Waals surface area contributed by atoms with E-state index in [9.17, 15) is 17.6 Å². The van der Waals surface area contributed by atoms with Gasteiger partial charge in [0.1, 0.15) is 11.5 Å². The van der Waals surface area contributed by atoms with E-state index in [2.05, 4.69) is 33.2 Å². The summed E-state index contributed by atoms with van der Waals surface area (Å²) in [5.41, 5.74) is 4.86. The maximum absolute atomic E-state index is 13.2. The molecule has 0 spiro atoms. The average molecular weight is 601 g/mol. The summed E-state index contributed by atoms with van der Waals surface area (Å²) >= 11 is 0. The molecule has 43 heavy (non-hydrogen) atoms. The summed E-state index contributed by atoms with van der Waals surface area (Å²) in [7, 11) is -3.58. The first-order valence-corrected chi connectivity index (χ1v) is 15.7. The van der Waals surface area contributed by atoms with Crippen molar-refractivity contribution in [2.45, 2.75) is 37.8 Å². The fraction of sp³-hybridized carbons (Fsp3) is 0.281. The molecule has 3 aromatic carbocycles. The number of aryl methyl sites for hydroxylation is 2. The summed E-state index contributed by atoms with van der Waals surface area (Å²) in [6.45, 7) is 4.25. The molecule has 0 aliphatic carbocycles. The summed E-state index contributed by atoms with van der Waals surface area (Å²) in [4.78, 5) is 15.2. The second-order valence-corrected chi connectivity index (χ2v) is 12.9. The van der Waals surface area contributed by atoms with Gasteiger partial charge in [0.2, 0.25) is 15.9 Å². The van der Waals surface area contributed by atoms with Crippen molar-refractivity contribution in [2.75, 3.05) is 26.2 Å². The van der Waals surface area contributed by atoms with E-state index in [4.69, 9.17) is 0 Å².